The number of nitrogens with zero attached hydrogens (tertiary/aromatic N) is 2. The van der Waals surface area contributed by atoms with Crippen LogP contribution in [0.25, 0.3) is 0 Å². The van der Waals surface area contributed by atoms with E-state index in [-0.39, 0.29) is 5.91 Å². The van der Waals surface area contributed by atoms with Crippen LogP contribution >= 0.6 is 12.2 Å². The molecule has 0 aromatic carbocycles. The highest BCUT2D eigenvalue weighted by Crippen LogP contribution is 2.38. The Labute approximate surface area is 128 Å². The average molecular weight is 305 g/mol. The predicted molar refractivity (Wildman–Crippen MR) is 82.0 cm³/mol. The number of rotatable bonds is 5. The van der Waals surface area contributed by atoms with Crippen molar-refractivity contribution in [2.45, 2.75) is 39.2 Å². The molecule has 1 fully saturated rings. The number of aromatic nitrogens is 4. The molecule has 1 amide bonds. The number of hydrogen-bond acceptors (Lipinski definition) is 3. The maximum absolute atomic E-state index is 12.1. The third kappa shape index (κ3) is 2.92. The summed E-state index contributed by atoms with van der Waals surface area (Å²) in [5, 5.41) is 10.0. The minimum atomic E-state index is -0.0800. The van der Waals surface area contributed by atoms with Crippen LogP contribution in [0.4, 0.5) is 0 Å². The van der Waals surface area contributed by atoms with E-state index >= 15 is 0 Å². The summed E-state index contributed by atoms with van der Waals surface area (Å²) in [7, 11) is 0. The number of aromatic amines is 2. The zero-order valence-corrected chi connectivity index (χ0v) is 13.0. The fourth-order valence-corrected chi connectivity index (χ4v) is 2.76. The van der Waals surface area contributed by atoms with Gasteiger partial charge in [-0.2, -0.15) is 5.10 Å². The van der Waals surface area contributed by atoms with Gasteiger partial charge in [0.15, 0.2) is 4.77 Å². The molecule has 1 saturated carbocycles. The molecule has 6 nitrogen and oxygen atoms in total. The molecule has 0 atom stereocenters. The standard InChI is InChI=1S/C14H19N5OS/c1-8-7-9(2)16-11(8)13(20)15-5-6-19-12(10-3-4-10)17-18-14(19)21/h7,10,16H,3-6H2,1-2H3,(H,15,20)(H,18,21). The third-order valence-corrected chi connectivity index (χ3v) is 4.04. The summed E-state index contributed by atoms with van der Waals surface area (Å²) in [4.78, 5) is 15.2. The maximum atomic E-state index is 12.1. The minimum absolute atomic E-state index is 0.0800. The quantitative estimate of drug-likeness (QED) is 0.741. The molecule has 0 unspecified atom stereocenters. The molecule has 112 valence electrons. The first-order valence-electron chi connectivity index (χ1n) is 7.15. The molecular weight excluding hydrogens is 286 g/mol. The van der Waals surface area contributed by atoms with Gasteiger partial charge in [-0.3, -0.25) is 9.89 Å². The van der Waals surface area contributed by atoms with Gasteiger partial charge in [-0.15, -0.1) is 0 Å². The molecule has 21 heavy (non-hydrogen) atoms. The predicted octanol–water partition coefficient (Wildman–Crippen LogP) is 2.19. The van der Waals surface area contributed by atoms with Gasteiger partial charge in [-0.05, 0) is 50.5 Å². The molecule has 7 heteroatoms. The Morgan fingerprint density at radius 3 is 2.90 bits per heavy atom. The first-order chi connectivity index (χ1) is 10.1. The number of nitrogens with one attached hydrogen (secondary N) is 3. The van der Waals surface area contributed by atoms with Crippen LogP contribution in [0, 0.1) is 18.6 Å². The monoisotopic (exact) mass is 305 g/mol. The Morgan fingerprint density at radius 1 is 1.52 bits per heavy atom. The molecule has 2 aromatic rings. The van der Waals surface area contributed by atoms with Crippen molar-refractivity contribution in [2.75, 3.05) is 6.54 Å². The summed E-state index contributed by atoms with van der Waals surface area (Å²) in [5.41, 5.74) is 2.58. The van der Waals surface area contributed by atoms with E-state index in [0.717, 1.165) is 17.1 Å². The summed E-state index contributed by atoms with van der Waals surface area (Å²) in [6.45, 7) is 5.04. The average Bonchev–Trinajstić information content (AvgIpc) is 3.13. The maximum Gasteiger partial charge on any atom is 0.268 e. The van der Waals surface area contributed by atoms with E-state index in [1.807, 2.05) is 24.5 Å². The molecule has 3 rings (SSSR count). The van der Waals surface area contributed by atoms with Crippen LogP contribution in [0.15, 0.2) is 6.07 Å². The highest BCUT2D eigenvalue weighted by molar-refractivity contribution is 7.71. The van der Waals surface area contributed by atoms with Crippen LogP contribution in [0.5, 0.6) is 0 Å². The van der Waals surface area contributed by atoms with Gasteiger partial charge in [-0.1, -0.05) is 0 Å². The van der Waals surface area contributed by atoms with Gasteiger partial charge in [0, 0.05) is 24.7 Å². The molecule has 3 N–H and O–H groups in total. The van der Waals surface area contributed by atoms with Crippen molar-refractivity contribution in [3.63, 3.8) is 0 Å². The second-order valence-electron chi connectivity index (χ2n) is 5.58. The lowest BCUT2D eigenvalue weighted by Gasteiger charge is -2.08. The van der Waals surface area contributed by atoms with Crippen LogP contribution in [-0.2, 0) is 6.54 Å². The van der Waals surface area contributed by atoms with E-state index in [4.69, 9.17) is 12.2 Å². The molecule has 1 aliphatic rings. The fourth-order valence-electron chi connectivity index (χ4n) is 2.53. The van der Waals surface area contributed by atoms with Gasteiger partial charge in [0.05, 0.1) is 0 Å². The molecule has 1 aliphatic carbocycles. The topological polar surface area (TPSA) is 78.5 Å². The lowest BCUT2D eigenvalue weighted by Crippen LogP contribution is -2.28. The Morgan fingerprint density at radius 2 is 2.29 bits per heavy atom. The van der Waals surface area contributed by atoms with Crippen LogP contribution in [0.3, 0.4) is 0 Å². The van der Waals surface area contributed by atoms with Crippen LogP contribution < -0.4 is 5.32 Å². The lowest BCUT2D eigenvalue weighted by atomic mass is 10.2. The summed E-state index contributed by atoms with van der Waals surface area (Å²) < 4.78 is 2.61. The molecule has 0 saturated heterocycles. The smallest absolute Gasteiger partial charge is 0.268 e. The Hall–Kier alpha value is -1.89. The van der Waals surface area contributed by atoms with Crippen molar-refractivity contribution >= 4 is 18.1 Å². The number of H-pyrrole nitrogens is 2. The van der Waals surface area contributed by atoms with Crippen molar-refractivity contribution in [1.82, 2.24) is 25.1 Å². The Bertz CT molecular complexity index is 722. The van der Waals surface area contributed by atoms with E-state index < -0.39 is 0 Å². The van der Waals surface area contributed by atoms with E-state index in [9.17, 15) is 4.79 Å². The van der Waals surface area contributed by atoms with Crippen molar-refractivity contribution in [2.24, 2.45) is 0 Å². The van der Waals surface area contributed by atoms with Crippen molar-refractivity contribution < 1.29 is 4.79 Å². The fraction of sp³-hybridized carbons (Fsp3) is 0.500. The van der Waals surface area contributed by atoms with Crippen LogP contribution in [0.1, 0.15) is 46.3 Å². The number of aryl methyl sites for hydroxylation is 2. The van der Waals surface area contributed by atoms with Crippen molar-refractivity contribution in [3.8, 4) is 0 Å². The second-order valence-corrected chi connectivity index (χ2v) is 5.97. The van der Waals surface area contributed by atoms with Gasteiger partial charge in [0.25, 0.3) is 5.91 Å². The molecule has 0 aliphatic heterocycles. The van der Waals surface area contributed by atoms with Gasteiger partial charge >= 0.3 is 0 Å². The number of carbonyl (C=O) groups excluding carboxylic acids is 1. The van der Waals surface area contributed by atoms with Crippen molar-refractivity contribution in [1.29, 1.82) is 0 Å². The zero-order valence-electron chi connectivity index (χ0n) is 12.2. The molecule has 0 spiro atoms. The summed E-state index contributed by atoms with van der Waals surface area (Å²) in [5.74, 6) is 1.46. The van der Waals surface area contributed by atoms with E-state index in [1.54, 1.807) is 0 Å². The molecule has 2 heterocycles. The highest BCUT2D eigenvalue weighted by atomic mass is 32.1. The minimum Gasteiger partial charge on any atom is -0.354 e. The molecule has 0 radical (unpaired) electrons. The first-order valence-corrected chi connectivity index (χ1v) is 7.56. The number of amides is 1. The van der Waals surface area contributed by atoms with Crippen molar-refractivity contribution in [3.05, 3.63) is 33.6 Å². The summed E-state index contributed by atoms with van der Waals surface area (Å²) >= 11 is 5.24. The number of hydrogen-bond donors (Lipinski definition) is 3. The number of carbonyl (C=O) groups is 1. The first kappa shape index (κ1) is 14.1. The molecule has 2 aromatic heterocycles. The van der Waals surface area contributed by atoms with E-state index in [1.165, 1.54) is 12.8 Å². The van der Waals surface area contributed by atoms with E-state index in [0.29, 0.717) is 29.5 Å². The van der Waals surface area contributed by atoms with Gasteiger partial charge < -0.3 is 14.9 Å². The molecule has 0 bridgehead atoms. The highest BCUT2D eigenvalue weighted by Gasteiger charge is 2.28. The third-order valence-electron chi connectivity index (χ3n) is 3.73. The normalized spacial score (nSPS) is 14.4. The van der Waals surface area contributed by atoms with Gasteiger partial charge in [-0.25, -0.2) is 0 Å². The largest absolute Gasteiger partial charge is 0.354 e. The molecular formula is C14H19N5OS. The second kappa shape index (κ2) is 5.48. The van der Waals surface area contributed by atoms with Crippen LogP contribution in [0.2, 0.25) is 0 Å². The summed E-state index contributed by atoms with van der Waals surface area (Å²) in [6.07, 6.45) is 2.35. The van der Waals surface area contributed by atoms with E-state index in [2.05, 4.69) is 20.5 Å². The lowest BCUT2D eigenvalue weighted by molar-refractivity contribution is 0.0947. The summed E-state index contributed by atoms with van der Waals surface area (Å²) in [6, 6.07) is 1.96. The van der Waals surface area contributed by atoms with Gasteiger partial charge in [0.2, 0.25) is 0 Å². The SMILES string of the molecule is Cc1cc(C)c(C(=O)NCCn2c(C3CC3)n[nH]c2=S)[nH]1. The Kier molecular flexibility index (Phi) is 3.67. The van der Waals surface area contributed by atoms with Gasteiger partial charge in [0.1, 0.15) is 11.5 Å². The zero-order chi connectivity index (χ0) is 15.0. The van der Waals surface area contributed by atoms with Crippen LogP contribution in [-0.4, -0.2) is 32.2 Å². The Balaban J connectivity index is 1.61.